The van der Waals surface area contributed by atoms with Gasteiger partial charge in [-0.1, -0.05) is 39.8 Å². The Labute approximate surface area is 160 Å². The van der Waals surface area contributed by atoms with E-state index in [2.05, 4.69) is 0 Å². The summed E-state index contributed by atoms with van der Waals surface area (Å²) in [5, 5.41) is 0. The number of nitrogens with two attached hydrogens (primary N) is 1. The highest BCUT2D eigenvalue weighted by Gasteiger charge is 2.36. The average molecular weight is 403 g/mol. The zero-order valence-electron chi connectivity index (χ0n) is 16.1. The van der Waals surface area contributed by atoms with Crippen molar-refractivity contribution in [2.45, 2.75) is 58.3 Å². The molecule has 0 radical (unpaired) electrons. The molecule has 28 heavy (non-hydrogen) atoms. The van der Waals surface area contributed by atoms with Crippen LogP contribution in [0.2, 0.25) is 0 Å². The Morgan fingerprint density at radius 2 is 1.04 bits per heavy atom. The van der Waals surface area contributed by atoms with Crippen LogP contribution in [0.1, 0.15) is 72.9 Å². The van der Waals surface area contributed by atoms with E-state index in [9.17, 15) is 26.3 Å². The lowest BCUT2D eigenvalue weighted by atomic mass is 9.88. The van der Waals surface area contributed by atoms with E-state index in [0.717, 1.165) is 23.3 Å². The maximum atomic E-state index is 13.1. The van der Waals surface area contributed by atoms with Gasteiger partial charge in [0, 0.05) is 5.69 Å². The molecule has 0 aliphatic carbocycles. The van der Waals surface area contributed by atoms with Crippen LogP contribution in [0.15, 0.2) is 30.3 Å². The largest absolute Gasteiger partial charge is 0.416 e. The molecule has 2 aromatic carbocycles. The van der Waals surface area contributed by atoms with Gasteiger partial charge in [-0.2, -0.15) is 26.3 Å². The van der Waals surface area contributed by atoms with Crippen LogP contribution in [0.4, 0.5) is 32.0 Å². The van der Waals surface area contributed by atoms with Crippen molar-refractivity contribution in [2.24, 2.45) is 0 Å². The zero-order valence-corrected chi connectivity index (χ0v) is 16.1. The van der Waals surface area contributed by atoms with Gasteiger partial charge in [-0.3, -0.25) is 0 Å². The van der Waals surface area contributed by atoms with E-state index < -0.39 is 23.5 Å². The van der Waals surface area contributed by atoms with Crippen molar-refractivity contribution < 1.29 is 26.3 Å². The molecule has 0 saturated carbocycles. The highest BCUT2D eigenvalue weighted by Crippen LogP contribution is 2.37. The normalized spacial score (nSPS) is 12.9. The van der Waals surface area contributed by atoms with Gasteiger partial charge in [0.15, 0.2) is 0 Å². The van der Waals surface area contributed by atoms with Gasteiger partial charge in [0.1, 0.15) is 0 Å². The molecule has 0 amide bonds. The summed E-state index contributed by atoms with van der Waals surface area (Å²) in [5.74, 6) is 0.148. The fourth-order valence-corrected chi connectivity index (χ4v) is 3.18. The third-order valence-corrected chi connectivity index (χ3v) is 4.60. The number of rotatable bonds is 4. The van der Waals surface area contributed by atoms with E-state index in [4.69, 9.17) is 5.73 Å². The molecule has 0 heterocycles. The Hall–Kier alpha value is -2.18. The maximum Gasteiger partial charge on any atom is 0.416 e. The predicted octanol–water partition coefficient (Wildman–Crippen LogP) is 7.14. The Balaban J connectivity index is 2.59. The van der Waals surface area contributed by atoms with Gasteiger partial charge in [-0.05, 0) is 58.7 Å². The molecule has 0 saturated heterocycles. The minimum Gasteiger partial charge on any atom is -0.398 e. The molecule has 0 aromatic heterocycles. The molecule has 7 heteroatoms. The van der Waals surface area contributed by atoms with Gasteiger partial charge < -0.3 is 5.73 Å². The standard InChI is InChI=1S/C21H23F6N/c1-11(2)17-8-14(9-18(12(3)4)19(17)28)5-13-6-15(20(22,23)24)10-16(7-13)21(25,26)27/h6-12H,5,28H2,1-4H3. The Bertz CT molecular complexity index is 786. The van der Waals surface area contributed by atoms with Gasteiger partial charge in [-0.25, -0.2) is 0 Å². The first kappa shape index (κ1) is 22.1. The van der Waals surface area contributed by atoms with Crippen molar-refractivity contribution in [1.29, 1.82) is 0 Å². The summed E-state index contributed by atoms with van der Waals surface area (Å²) in [4.78, 5) is 0. The number of hydrogen-bond donors (Lipinski definition) is 1. The Morgan fingerprint density at radius 3 is 1.36 bits per heavy atom. The summed E-state index contributed by atoms with van der Waals surface area (Å²) in [5.41, 5.74) is 6.49. The Kier molecular flexibility index (Phi) is 6.07. The van der Waals surface area contributed by atoms with E-state index in [1.54, 1.807) is 12.1 Å². The summed E-state index contributed by atoms with van der Waals surface area (Å²) < 4.78 is 78.5. The summed E-state index contributed by atoms with van der Waals surface area (Å²) in [7, 11) is 0. The van der Waals surface area contributed by atoms with Gasteiger partial charge in [0.05, 0.1) is 11.1 Å². The lowest BCUT2D eigenvalue weighted by Gasteiger charge is -2.19. The molecule has 2 rings (SSSR count). The maximum absolute atomic E-state index is 13.1. The molecule has 154 valence electrons. The zero-order chi connectivity index (χ0) is 21.4. The first-order valence-corrected chi connectivity index (χ1v) is 8.90. The van der Waals surface area contributed by atoms with Crippen LogP contribution in [-0.4, -0.2) is 0 Å². The van der Waals surface area contributed by atoms with Crippen LogP contribution in [0.25, 0.3) is 0 Å². The van der Waals surface area contributed by atoms with Crippen molar-refractivity contribution in [2.75, 3.05) is 5.73 Å². The molecule has 0 fully saturated rings. The number of alkyl halides is 6. The lowest BCUT2D eigenvalue weighted by Crippen LogP contribution is -2.12. The van der Waals surface area contributed by atoms with Crippen LogP contribution >= 0.6 is 0 Å². The molecule has 0 unspecified atom stereocenters. The smallest absolute Gasteiger partial charge is 0.398 e. The van der Waals surface area contributed by atoms with Gasteiger partial charge in [0.2, 0.25) is 0 Å². The minimum atomic E-state index is -4.86. The van der Waals surface area contributed by atoms with Gasteiger partial charge >= 0.3 is 12.4 Å². The first-order chi connectivity index (χ1) is 12.7. The second-order valence-electron chi connectivity index (χ2n) is 7.59. The molecular formula is C21H23F6N. The number of benzene rings is 2. The van der Waals surface area contributed by atoms with Crippen molar-refractivity contribution in [3.8, 4) is 0 Å². The summed E-state index contributed by atoms with van der Waals surface area (Å²) in [6, 6.07) is 5.22. The van der Waals surface area contributed by atoms with E-state index >= 15 is 0 Å². The van der Waals surface area contributed by atoms with Gasteiger partial charge in [0.25, 0.3) is 0 Å². The molecule has 1 nitrogen and oxygen atoms in total. The molecule has 2 N–H and O–H groups in total. The molecule has 0 atom stereocenters. The van der Waals surface area contributed by atoms with Crippen molar-refractivity contribution >= 4 is 5.69 Å². The average Bonchev–Trinajstić information content (AvgIpc) is 2.53. The quantitative estimate of drug-likeness (QED) is 0.426. The van der Waals surface area contributed by atoms with Crippen LogP contribution < -0.4 is 5.73 Å². The van der Waals surface area contributed by atoms with E-state index in [1.165, 1.54) is 0 Å². The summed E-state index contributed by atoms with van der Waals surface area (Å²) >= 11 is 0. The molecule has 0 bridgehead atoms. The SMILES string of the molecule is CC(C)c1cc(Cc2cc(C(F)(F)F)cc(C(F)(F)F)c2)cc(C(C)C)c1N. The molecular weight excluding hydrogens is 380 g/mol. The fourth-order valence-electron chi connectivity index (χ4n) is 3.18. The molecule has 0 aliphatic heterocycles. The Morgan fingerprint density at radius 1 is 0.679 bits per heavy atom. The van der Waals surface area contributed by atoms with Crippen LogP contribution in [0.5, 0.6) is 0 Å². The third kappa shape index (κ3) is 5.00. The molecule has 0 spiro atoms. The predicted molar refractivity (Wildman–Crippen MR) is 98.3 cm³/mol. The van der Waals surface area contributed by atoms with Gasteiger partial charge in [-0.15, -0.1) is 0 Å². The third-order valence-electron chi connectivity index (χ3n) is 4.60. The number of halogens is 6. The van der Waals surface area contributed by atoms with Crippen LogP contribution in [0.3, 0.4) is 0 Å². The summed E-state index contributed by atoms with van der Waals surface area (Å²) in [6.45, 7) is 7.74. The second kappa shape index (κ2) is 7.68. The number of anilines is 1. The van der Waals surface area contributed by atoms with Crippen LogP contribution in [-0.2, 0) is 18.8 Å². The number of hydrogen-bond acceptors (Lipinski definition) is 1. The highest BCUT2D eigenvalue weighted by atomic mass is 19.4. The highest BCUT2D eigenvalue weighted by molar-refractivity contribution is 5.58. The lowest BCUT2D eigenvalue weighted by molar-refractivity contribution is -0.143. The number of nitrogen functional groups attached to an aromatic ring is 1. The summed E-state index contributed by atoms with van der Waals surface area (Å²) in [6.07, 6.45) is -9.76. The van der Waals surface area contributed by atoms with Crippen molar-refractivity contribution in [3.63, 3.8) is 0 Å². The van der Waals surface area contributed by atoms with E-state index in [1.807, 2.05) is 27.7 Å². The van der Waals surface area contributed by atoms with Crippen LogP contribution in [0, 0.1) is 0 Å². The fraction of sp³-hybridized carbons (Fsp3) is 0.429. The second-order valence-corrected chi connectivity index (χ2v) is 7.59. The first-order valence-electron chi connectivity index (χ1n) is 8.90. The minimum absolute atomic E-state index is 0.0451. The molecule has 0 aliphatic rings. The van der Waals surface area contributed by atoms with Crippen molar-refractivity contribution in [3.05, 3.63) is 63.7 Å². The topological polar surface area (TPSA) is 26.0 Å². The molecule has 2 aromatic rings. The van der Waals surface area contributed by atoms with Crippen molar-refractivity contribution in [1.82, 2.24) is 0 Å². The monoisotopic (exact) mass is 403 g/mol. The van der Waals surface area contributed by atoms with E-state index in [0.29, 0.717) is 11.3 Å². The van der Waals surface area contributed by atoms with E-state index in [-0.39, 0.29) is 29.9 Å².